The third-order valence-electron chi connectivity index (χ3n) is 15.5. The molecular weight excluding hydrogens is 863 g/mol. The summed E-state index contributed by atoms with van der Waals surface area (Å²) in [4.78, 5) is 12.6. The lowest BCUT2D eigenvalue weighted by molar-refractivity contribution is -0.132. The second-order valence-electron chi connectivity index (χ2n) is 22.5. The lowest BCUT2D eigenvalue weighted by Gasteiger charge is -2.27. The monoisotopic (exact) mass is 990 g/mol. The molecule has 0 bridgehead atoms. The van der Waals surface area contributed by atoms with Crippen LogP contribution in [-0.4, -0.2) is 57.3 Å². The number of hydrogen-bond donors (Lipinski definition) is 5. The highest BCUT2D eigenvalue weighted by molar-refractivity contribution is 5.80. The van der Waals surface area contributed by atoms with Gasteiger partial charge in [-0.15, -0.1) is 0 Å². The van der Waals surface area contributed by atoms with E-state index in [1.54, 1.807) is 0 Å². The second-order valence-corrected chi connectivity index (χ2v) is 22.5. The lowest BCUT2D eigenvalue weighted by atomic mass is 9.99. The standard InChI is InChI=1S/C64H127NO5/c1-3-5-7-9-11-13-15-17-19-21-23-25-27-29-31-32-34-35-37-39-41-43-45-47-49-51-53-55-57-61(67)63(69)60(59-66)65-64(70)62(68)58-56-54-52-50-48-46-44-42-40-38-36-33-30-28-26-24-22-20-18-16-14-12-10-8-6-4-2/h30,33,60-63,66-69H,3-29,31-32,34-59H2,1-2H3,(H,65,70)/b33-30-. The van der Waals surface area contributed by atoms with Crippen LogP contribution in [0.25, 0.3) is 0 Å². The molecule has 6 heteroatoms. The molecule has 0 saturated carbocycles. The number of aliphatic hydroxyl groups excluding tert-OH is 4. The first-order valence-electron chi connectivity index (χ1n) is 32.1. The van der Waals surface area contributed by atoms with E-state index in [2.05, 4.69) is 31.3 Å². The first-order chi connectivity index (χ1) is 34.5. The first kappa shape index (κ1) is 69.0. The Bertz CT molecular complexity index is 1020. The maximum atomic E-state index is 12.6. The molecule has 70 heavy (non-hydrogen) atoms. The molecule has 0 radical (unpaired) electrons. The Morgan fingerprint density at radius 1 is 0.343 bits per heavy atom. The van der Waals surface area contributed by atoms with Crippen LogP contribution in [0.2, 0.25) is 0 Å². The summed E-state index contributed by atoms with van der Waals surface area (Å²) >= 11 is 0. The van der Waals surface area contributed by atoms with E-state index in [-0.39, 0.29) is 0 Å². The van der Waals surface area contributed by atoms with Crippen LogP contribution < -0.4 is 5.32 Å². The number of carbonyl (C=O) groups is 1. The van der Waals surface area contributed by atoms with Gasteiger partial charge in [0, 0.05) is 0 Å². The zero-order chi connectivity index (χ0) is 50.9. The average Bonchev–Trinajstić information content (AvgIpc) is 3.36. The molecular formula is C64H127NO5. The average molecular weight is 991 g/mol. The number of carbonyl (C=O) groups excluding carboxylic acids is 1. The van der Waals surface area contributed by atoms with E-state index >= 15 is 0 Å². The van der Waals surface area contributed by atoms with Crippen molar-refractivity contribution < 1.29 is 25.2 Å². The van der Waals surface area contributed by atoms with Crippen molar-refractivity contribution in [1.82, 2.24) is 5.32 Å². The van der Waals surface area contributed by atoms with Gasteiger partial charge in [0.05, 0.1) is 18.8 Å². The number of allylic oxidation sites excluding steroid dienone is 2. The molecule has 0 saturated heterocycles. The summed E-state index contributed by atoms with van der Waals surface area (Å²) in [5.41, 5.74) is 0. The van der Waals surface area contributed by atoms with Gasteiger partial charge in [0.25, 0.3) is 0 Å². The van der Waals surface area contributed by atoms with Crippen LogP contribution in [0.5, 0.6) is 0 Å². The van der Waals surface area contributed by atoms with Gasteiger partial charge < -0.3 is 25.7 Å². The highest BCUT2D eigenvalue weighted by Crippen LogP contribution is 2.19. The maximum Gasteiger partial charge on any atom is 0.249 e. The molecule has 0 aliphatic carbocycles. The molecule has 0 heterocycles. The topological polar surface area (TPSA) is 110 Å². The number of hydrogen-bond acceptors (Lipinski definition) is 5. The van der Waals surface area contributed by atoms with Crippen molar-refractivity contribution in [3.8, 4) is 0 Å². The molecule has 0 aliphatic heterocycles. The molecule has 4 atom stereocenters. The maximum absolute atomic E-state index is 12.6. The number of amides is 1. The summed E-state index contributed by atoms with van der Waals surface area (Å²) in [6.45, 7) is 4.11. The van der Waals surface area contributed by atoms with Gasteiger partial charge in [0.15, 0.2) is 0 Å². The van der Waals surface area contributed by atoms with Gasteiger partial charge in [-0.05, 0) is 38.5 Å². The smallest absolute Gasteiger partial charge is 0.249 e. The Morgan fingerprint density at radius 2 is 0.571 bits per heavy atom. The number of nitrogens with one attached hydrogen (secondary N) is 1. The number of aliphatic hydroxyl groups is 4. The van der Waals surface area contributed by atoms with E-state index in [4.69, 9.17) is 0 Å². The third-order valence-corrected chi connectivity index (χ3v) is 15.5. The van der Waals surface area contributed by atoms with Crippen molar-refractivity contribution in [3.63, 3.8) is 0 Å². The van der Waals surface area contributed by atoms with Crippen LogP contribution in [0.3, 0.4) is 0 Å². The first-order valence-corrected chi connectivity index (χ1v) is 32.1. The van der Waals surface area contributed by atoms with E-state index < -0.39 is 36.9 Å². The SMILES string of the molecule is CCCCCCCCCCCCCC/C=C\CCCCCCCCCCCCC(O)C(=O)NC(CO)C(O)C(O)CCCCCCCCCCCCCCCCCCCCCCCCCCCCCC. The van der Waals surface area contributed by atoms with Gasteiger partial charge in [0.1, 0.15) is 12.2 Å². The van der Waals surface area contributed by atoms with Gasteiger partial charge in [0.2, 0.25) is 5.91 Å². The van der Waals surface area contributed by atoms with Crippen LogP contribution in [0.4, 0.5) is 0 Å². The van der Waals surface area contributed by atoms with E-state index in [0.29, 0.717) is 12.8 Å². The van der Waals surface area contributed by atoms with Crippen LogP contribution in [0, 0.1) is 0 Å². The molecule has 6 nitrogen and oxygen atoms in total. The summed E-state index contributed by atoms with van der Waals surface area (Å²) in [5.74, 6) is -0.578. The summed E-state index contributed by atoms with van der Waals surface area (Å²) < 4.78 is 0. The van der Waals surface area contributed by atoms with Gasteiger partial charge in [-0.2, -0.15) is 0 Å². The lowest BCUT2D eigenvalue weighted by Crippen LogP contribution is -2.53. The van der Waals surface area contributed by atoms with Crippen molar-refractivity contribution in [2.24, 2.45) is 0 Å². The molecule has 0 rings (SSSR count). The third kappa shape index (κ3) is 51.9. The van der Waals surface area contributed by atoms with Crippen molar-refractivity contribution in [2.75, 3.05) is 6.61 Å². The highest BCUT2D eigenvalue weighted by Gasteiger charge is 2.28. The minimum atomic E-state index is -1.26. The zero-order valence-electron chi connectivity index (χ0n) is 47.6. The molecule has 0 aromatic heterocycles. The summed E-state index contributed by atoms with van der Waals surface area (Å²) in [6.07, 6.45) is 71.6. The molecule has 0 fully saturated rings. The van der Waals surface area contributed by atoms with E-state index in [0.717, 1.165) is 38.5 Å². The Hall–Kier alpha value is -0.950. The zero-order valence-corrected chi connectivity index (χ0v) is 47.6. The molecule has 5 N–H and O–H groups in total. The molecule has 1 amide bonds. The molecule has 0 aromatic rings. The number of unbranched alkanes of at least 4 members (excludes halogenated alkanes) is 49. The quantitative estimate of drug-likeness (QED) is 0.0308. The van der Waals surface area contributed by atoms with Crippen molar-refractivity contribution in [2.45, 2.75) is 385 Å². The summed E-state index contributed by atoms with van der Waals surface area (Å²) in [5, 5.41) is 44.2. The predicted octanol–water partition coefficient (Wildman–Crippen LogP) is 19.2. The molecule has 0 aliphatic rings. The molecule has 0 aromatic carbocycles. The van der Waals surface area contributed by atoms with Crippen LogP contribution in [0.1, 0.15) is 361 Å². The Balaban J connectivity index is 3.56. The van der Waals surface area contributed by atoms with Gasteiger partial charge in [-0.1, -0.05) is 334 Å². The van der Waals surface area contributed by atoms with Crippen molar-refractivity contribution in [1.29, 1.82) is 0 Å². The molecule has 4 unspecified atom stereocenters. The fourth-order valence-electron chi connectivity index (χ4n) is 10.5. The van der Waals surface area contributed by atoms with Gasteiger partial charge in [-0.25, -0.2) is 0 Å². The van der Waals surface area contributed by atoms with Crippen LogP contribution >= 0.6 is 0 Å². The fraction of sp³-hybridized carbons (Fsp3) is 0.953. The normalized spacial score (nSPS) is 13.6. The van der Waals surface area contributed by atoms with Crippen molar-refractivity contribution >= 4 is 5.91 Å². The predicted molar refractivity (Wildman–Crippen MR) is 307 cm³/mol. The van der Waals surface area contributed by atoms with E-state index in [1.165, 1.54) is 295 Å². The van der Waals surface area contributed by atoms with E-state index in [9.17, 15) is 25.2 Å². The van der Waals surface area contributed by atoms with Crippen LogP contribution in [-0.2, 0) is 4.79 Å². The van der Waals surface area contributed by atoms with E-state index in [1.807, 2.05) is 0 Å². The second kappa shape index (κ2) is 58.9. The van der Waals surface area contributed by atoms with Gasteiger partial charge >= 0.3 is 0 Å². The minimum absolute atomic E-state index is 0.371. The fourth-order valence-corrected chi connectivity index (χ4v) is 10.5. The largest absolute Gasteiger partial charge is 0.394 e. The Kier molecular flexibility index (Phi) is 58.1. The highest BCUT2D eigenvalue weighted by atomic mass is 16.3. The van der Waals surface area contributed by atoms with Crippen molar-refractivity contribution in [3.05, 3.63) is 12.2 Å². The summed E-state index contributed by atoms with van der Waals surface area (Å²) in [6, 6.07) is -0.985. The molecule has 0 spiro atoms. The van der Waals surface area contributed by atoms with Crippen LogP contribution in [0.15, 0.2) is 12.2 Å². The Labute approximate surface area is 438 Å². The van der Waals surface area contributed by atoms with Gasteiger partial charge in [-0.3, -0.25) is 4.79 Å². The Morgan fingerprint density at radius 3 is 0.829 bits per heavy atom. The summed E-state index contributed by atoms with van der Waals surface area (Å²) in [7, 11) is 0. The minimum Gasteiger partial charge on any atom is -0.394 e. The number of rotatable bonds is 60. The molecule has 418 valence electrons.